The van der Waals surface area contributed by atoms with Crippen LogP contribution < -0.4 is 5.73 Å². The summed E-state index contributed by atoms with van der Waals surface area (Å²) < 4.78 is 1.23. The Kier molecular flexibility index (Phi) is 3.61. The molecule has 1 unspecified atom stereocenters. The van der Waals surface area contributed by atoms with Crippen LogP contribution in [0.4, 0.5) is 0 Å². The lowest BCUT2D eigenvalue weighted by Crippen LogP contribution is -2.13. The molecule has 2 heteroatoms. The van der Waals surface area contributed by atoms with Crippen molar-refractivity contribution in [2.45, 2.75) is 13.0 Å². The van der Waals surface area contributed by atoms with Gasteiger partial charge in [0.05, 0.1) is 6.04 Å². The summed E-state index contributed by atoms with van der Waals surface area (Å²) >= 11 is 2.30. The Balaban J connectivity index is 2.35. The fourth-order valence-corrected chi connectivity index (χ4v) is 2.14. The molecule has 2 N–H and O–H groups in total. The molecule has 1 atom stereocenters. The summed E-state index contributed by atoms with van der Waals surface area (Å²) in [7, 11) is 0. The standard InChI is InChI=1S/C14H14IN/c1-10-4-2-3-5-13(10)14(16)11-6-8-12(15)9-7-11/h2-9,14H,16H2,1H3. The second-order valence-corrected chi connectivity index (χ2v) is 5.13. The lowest BCUT2D eigenvalue weighted by atomic mass is 9.96. The van der Waals surface area contributed by atoms with Crippen LogP contribution in [0.1, 0.15) is 22.7 Å². The van der Waals surface area contributed by atoms with E-state index >= 15 is 0 Å². The minimum absolute atomic E-state index is 0.0294. The molecule has 0 heterocycles. The first kappa shape index (κ1) is 11.6. The third-order valence-corrected chi connectivity index (χ3v) is 3.47. The van der Waals surface area contributed by atoms with Crippen molar-refractivity contribution >= 4 is 22.6 Å². The van der Waals surface area contributed by atoms with Gasteiger partial charge < -0.3 is 5.73 Å². The van der Waals surface area contributed by atoms with Crippen LogP contribution in [0, 0.1) is 10.5 Å². The van der Waals surface area contributed by atoms with E-state index in [4.69, 9.17) is 5.73 Å². The van der Waals surface area contributed by atoms with Crippen molar-refractivity contribution in [2.24, 2.45) is 5.73 Å². The molecule has 0 aliphatic carbocycles. The molecule has 0 bridgehead atoms. The van der Waals surface area contributed by atoms with E-state index < -0.39 is 0 Å². The lowest BCUT2D eigenvalue weighted by molar-refractivity contribution is 0.861. The first-order valence-corrected chi connectivity index (χ1v) is 6.33. The van der Waals surface area contributed by atoms with Crippen molar-refractivity contribution in [2.75, 3.05) is 0 Å². The highest BCUT2D eigenvalue weighted by Crippen LogP contribution is 2.22. The SMILES string of the molecule is Cc1ccccc1C(N)c1ccc(I)cc1. The maximum absolute atomic E-state index is 6.26. The van der Waals surface area contributed by atoms with E-state index in [2.05, 4.69) is 65.9 Å². The molecule has 0 saturated carbocycles. The molecule has 0 spiro atoms. The van der Waals surface area contributed by atoms with Gasteiger partial charge in [-0.25, -0.2) is 0 Å². The van der Waals surface area contributed by atoms with E-state index in [1.54, 1.807) is 0 Å². The Morgan fingerprint density at radius 2 is 1.62 bits per heavy atom. The number of nitrogens with two attached hydrogens (primary N) is 1. The number of hydrogen-bond donors (Lipinski definition) is 1. The fourth-order valence-electron chi connectivity index (χ4n) is 1.79. The first-order chi connectivity index (χ1) is 7.68. The Morgan fingerprint density at radius 3 is 2.25 bits per heavy atom. The number of benzene rings is 2. The van der Waals surface area contributed by atoms with Crippen molar-refractivity contribution < 1.29 is 0 Å². The highest BCUT2D eigenvalue weighted by molar-refractivity contribution is 14.1. The minimum atomic E-state index is -0.0294. The maximum Gasteiger partial charge on any atom is 0.0554 e. The minimum Gasteiger partial charge on any atom is -0.320 e. The monoisotopic (exact) mass is 323 g/mol. The van der Waals surface area contributed by atoms with Crippen molar-refractivity contribution in [1.82, 2.24) is 0 Å². The molecule has 0 aromatic heterocycles. The summed E-state index contributed by atoms with van der Waals surface area (Å²) in [6, 6.07) is 16.6. The van der Waals surface area contributed by atoms with E-state index in [1.165, 1.54) is 14.7 Å². The van der Waals surface area contributed by atoms with E-state index in [9.17, 15) is 0 Å². The lowest BCUT2D eigenvalue weighted by Gasteiger charge is -2.15. The molecule has 1 nitrogen and oxygen atoms in total. The summed E-state index contributed by atoms with van der Waals surface area (Å²) in [5.41, 5.74) is 9.87. The van der Waals surface area contributed by atoms with Gasteiger partial charge in [-0.1, -0.05) is 36.4 Å². The van der Waals surface area contributed by atoms with E-state index in [0.29, 0.717) is 0 Å². The number of rotatable bonds is 2. The summed E-state index contributed by atoms with van der Waals surface area (Å²) in [4.78, 5) is 0. The number of aryl methyl sites for hydroxylation is 1. The summed E-state index contributed by atoms with van der Waals surface area (Å²) in [5.74, 6) is 0. The second kappa shape index (κ2) is 4.97. The molecule has 2 rings (SSSR count). The Bertz CT molecular complexity index is 476. The van der Waals surface area contributed by atoms with Crippen LogP contribution in [0.2, 0.25) is 0 Å². The van der Waals surface area contributed by atoms with Gasteiger partial charge in [-0.05, 0) is 58.3 Å². The first-order valence-electron chi connectivity index (χ1n) is 5.25. The largest absolute Gasteiger partial charge is 0.320 e. The predicted molar refractivity (Wildman–Crippen MR) is 76.4 cm³/mol. The topological polar surface area (TPSA) is 26.0 Å². The van der Waals surface area contributed by atoms with Gasteiger partial charge in [-0.2, -0.15) is 0 Å². The molecular formula is C14H14IN. The normalized spacial score (nSPS) is 12.4. The zero-order chi connectivity index (χ0) is 11.5. The highest BCUT2D eigenvalue weighted by Gasteiger charge is 2.10. The summed E-state index contributed by atoms with van der Waals surface area (Å²) in [5, 5.41) is 0. The molecule has 0 aliphatic heterocycles. The zero-order valence-electron chi connectivity index (χ0n) is 9.15. The summed E-state index contributed by atoms with van der Waals surface area (Å²) in [6.45, 7) is 2.10. The van der Waals surface area contributed by atoms with Crippen molar-refractivity contribution in [1.29, 1.82) is 0 Å². The molecule has 0 amide bonds. The van der Waals surface area contributed by atoms with Crippen LogP contribution in [-0.2, 0) is 0 Å². The van der Waals surface area contributed by atoms with E-state index in [1.807, 2.05) is 12.1 Å². The smallest absolute Gasteiger partial charge is 0.0554 e. The predicted octanol–water partition coefficient (Wildman–Crippen LogP) is 3.65. The molecule has 2 aromatic carbocycles. The fraction of sp³-hybridized carbons (Fsp3) is 0.143. The summed E-state index contributed by atoms with van der Waals surface area (Å²) in [6.07, 6.45) is 0. The van der Waals surface area contributed by atoms with Gasteiger partial charge in [0.25, 0.3) is 0 Å². The van der Waals surface area contributed by atoms with Crippen LogP contribution >= 0.6 is 22.6 Å². The van der Waals surface area contributed by atoms with E-state index in [-0.39, 0.29) is 6.04 Å². The molecule has 0 radical (unpaired) electrons. The Labute approximate surface area is 110 Å². The van der Waals surface area contributed by atoms with Crippen LogP contribution in [-0.4, -0.2) is 0 Å². The van der Waals surface area contributed by atoms with Crippen molar-refractivity contribution in [3.8, 4) is 0 Å². The third-order valence-electron chi connectivity index (χ3n) is 2.75. The second-order valence-electron chi connectivity index (χ2n) is 3.89. The molecule has 16 heavy (non-hydrogen) atoms. The van der Waals surface area contributed by atoms with Crippen LogP contribution in [0.25, 0.3) is 0 Å². The average molecular weight is 323 g/mol. The van der Waals surface area contributed by atoms with Gasteiger partial charge in [0.15, 0.2) is 0 Å². The van der Waals surface area contributed by atoms with Crippen LogP contribution in [0.5, 0.6) is 0 Å². The van der Waals surface area contributed by atoms with Crippen LogP contribution in [0.3, 0.4) is 0 Å². The van der Waals surface area contributed by atoms with Crippen molar-refractivity contribution in [3.63, 3.8) is 0 Å². The van der Waals surface area contributed by atoms with Gasteiger partial charge in [0.1, 0.15) is 0 Å². The van der Waals surface area contributed by atoms with Crippen molar-refractivity contribution in [3.05, 3.63) is 68.8 Å². The molecular weight excluding hydrogens is 309 g/mol. The number of hydrogen-bond acceptors (Lipinski definition) is 1. The average Bonchev–Trinajstić information content (AvgIpc) is 2.30. The maximum atomic E-state index is 6.26. The van der Waals surface area contributed by atoms with Gasteiger partial charge >= 0.3 is 0 Å². The van der Waals surface area contributed by atoms with Gasteiger partial charge in [-0.15, -0.1) is 0 Å². The third kappa shape index (κ3) is 2.44. The van der Waals surface area contributed by atoms with E-state index in [0.717, 1.165) is 5.56 Å². The van der Waals surface area contributed by atoms with Gasteiger partial charge in [-0.3, -0.25) is 0 Å². The quantitative estimate of drug-likeness (QED) is 0.839. The van der Waals surface area contributed by atoms with Gasteiger partial charge in [0.2, 0.25) is 0 Å². The molecule has 2 aromatic rings. The number of halogens is 1. The molecule has 82 valence electrons. The molecule has 0 aliphatic rings. The molecule has 0 fully saturated rings. The van der Waals surface area contributed by atoms with Gasteiger partial charge in [0, 0.05) is 3.57 Å². The Hall–Kier alpha value is -0.870. The Morgan fingerprint density at radius 1 is 1.00 bits per heavy atom. The molecule has 0 saturated heterocycles. The zero-order valence-corrected chi connectivity index (χ0v) is 11.3. The highest BCUT2D eigenvalue weighted by atomic mass is 127. The van der Waals surface area contributed by atoms with Crippen LogP contribution in [0.15, 0.2) is 48.5 Å².